The molecule has 0 aliphatic carbocycles. The Balaban J connectivity index is 1.82. The van der Waals surface area contributed by atoms with Crippen LogP contribution in [0.4, 0.5) is 4.79 Å². The van der Waals surface area contributed by atoms with Gasteiger partial charge in [0.05, 0.1) is 19.8 Å². The lowest BCUT2D eigenvalue weighted by Gasteiger charge is -2.36. The zero-order chi connectivity index (χ0) is 17.7. The number of rotatable bonds is 5. The summed E-state index contributed by atoms with van der Waals surface area (Å²) < 4.78 is 15.8. The van der Waals surface area contributed by atoms with Crippen molar-refractivity contribution in [2.75, 3.05) is 20.2 Å². The fourth-order valence-electron chi connectivity index (χ4n) is 2.73. The van der Waals surface area contributed by atoms with Crippen LogP contribution in [-0.4, -0.2) is 55.3 Å². The van der Waals surface area contributed by atoms with Crippen LogP contribution in [0.15, 0.2) is 16.5 Å². The van der Waals surface area contributed by atoms with E-state index < -0.39 is 12.1 Å². The van der Waals surface area contributed by atoms with E-state index in [9.17, 15) is 9.59 Å². The summed E-state index contributed by atoms with van der Waals surface area (Å²) in [6.07, 6.45) is 0.597. The lowest BCUT2D eigenvalue weighted by atomic mass is 10.1. The average Bonchev–Trinajstić information content (AvgIpc) is 2.97. The lowest BCUT2D eigenvalue weighted by molar-refractivity contribution is -0.164. The summed E-state index contributed by atoms with van der Waals surface area (Å²) in [6.45, 7) is 6.34. The number of hydrogen-bond donors (Lipinski definition) is 1. The van der Waals surface area contributed by atoms with E-state index in [1.807, 2.05) is 32.9 Å². The molecule has 134 valence electrons. The molecule has 1 aromatic heterocycles. The second-order valence-corrected chi connectivity index (χ2v) is 6.27. The van der Waals surface area contributed by atoms with Gasteiger partial charge in [-0.25, -0.2) is 9.59 Å². The molecule has 0 aromatic carbocycles. The summed E-state index contributed by atoms with van der Waals surface area (Å²) in [5, 5.41) is 2.96. The lowest BCUT2D eigenvalue weighted by Crippen LogP contribution is -2.55. The number of carbonyl (C=O) groups excluding carboxylic acids is 2. The first-order chi connectivity index (χ1) is 11.4. The largest absolute Gasteiger partial charge is 0.467 e. The standard InChI is InChI=1S/C17H26N2O5/c1-11(5-7-14-8-6-12(2)23-14)18-17(21)19-9-13(3)24-15(10-19)16(20)22-4/h6,8,11,13,15H,5,7,9-10H2,1-4H3,(H,18,21)/t11-,13+,15+/m0/s1. The van der Waals surface area contributed by atoms with Crippen molar-refractivity contribution in [1.82, 2.24) is 10.2 Å². The third-order valence-electron chi connectivity index (χ3n) is 4.00. The summed E-state index contributed by atoms with van der Waals surface area (Å²) >= 11 is 0. The summed E-state index contributed by atoms with van der Waals surface area (Å²) in [7, 11) is 1.31. The van der Waals surface area contributed by atoms with Crippen molar-refractivity contribution in [1.29, 1.82) is 0 Å². The van der Waals surface area contributed by atoms with E-state index in [4.69, 9.17) is 13.9 Å². The minimum Gasteiger partial charge on any atom is -0.467 e. The van der Waals surface area contributed by atoms with Gasteiger partial charge in [0.1, 0.15) is 11.5 Å². The highest BCUT2D eigenvalue weighted by Crippen LogP contribution is 2.14. The van der Waals surface area contributed by atoms with Crippen molar-refractivity contribution in [3.63, 3.8) is 0 Å². The first kappa shape index (κ1) is 18.3. The van der Waals surface area contributed by atoms with Gasteiger partial charge in [-0.3, -0.25) is 0 Å². The van der Waals surface area contributed by atoms with Crippen LogP contribution in [0.1, 0.15) is 31.8 Å². The normalized spacial score (nSPS) is 22.1. The number of methoxy groups -OCH3 is 1. The van der Waals surface area contributed by atoms with Gasteiger partial charge in [0.25, 0.3) is 0 Å². The number of nitrogens with one attached hydrogen (secondary N) is 1. The number of amides is 2. The molecule has 1 aromatic rings. The number of aryl methyl sites for hydroxylation is 2. The predicted octanol–water partition coefficient (Wildman–Crippen LogP) is 1.88. The van der Waals surface area contributed by atoms with E-state index in [1.165, 1.54) is 7.11 Å². The molecule has 1 N–H and O–H groups in total. The van der Waals surface area contributed by atoms with Gasteiger partial charge in [-0.1, -0.05) is 0 Å². The molecule has 3 atom stereocenters. The van der Waals surface area contributed by atoms with E-state index >= 15 is 0 Å². The highest BCUT2D eigenvalue weighted by Gasteiger charge is 2.33. The van der Waals surface area contributed by atoms with Crippen LogP contribution < -0.4 is 5.32 Å². The zero-order valence-electron chi connectivity index (χ0n) is 14.7. The van der Waals surface area contributed by atoms with E-state index in [0.717, 1.165) is 24.4 Å². The molecule has 0 radical (unpaired) electrons. The molecule has 7 heteroatoms. The molecule has 2 rings (SSSR count). The summed E-state index contributed by atoms with van der Waals surface area (Å²) in [4.78, 5) is 25.7. The first-order valence-electron chi connectivity index (χ1n) is 8.23. The van der Waals surface area contributed by atoms with Crippen molar-refractivity contribution in [3.05, 3.63) is 23.7 Å². The Kier molecular flexibility index (Phi) is 6.25. The van der Waals surface area contributed by atoms with Crippen LogP contribution >= 0.6 is 0 Å². The first-order valence-corrected chi connectivity index (χ1v) is 8.23. The Morgan fingerprint density at radius 2 is 2.17 bits per heavy atom. The van der Waals surface area contributed by atoms with E-state index in [2.05, 4.69) is 5.32 Å². The Morgan fingerprint density at radius 3 is 2.79 bits per heavy atom. The quantitative estimate of drug-likeness (QED) is 0.829. The molecule has 7 nitrogen and oxygen atoms in total. The number of esters is 1. The second-order valence-electron chi connectivity index (χ2n) is 6.27. The monoisotopic (exact) mass is 338 g/mol. The summed E-state index contributed by atoms with van der Waals surface area (Å²) in [5.41, 5.74) is 0. The minimum absolute atomic E-state index is 0.00219. The highest BCUT2D eigenvalue weighted by atomic mass is 16.6. The summed E-state index contributed by atoms with van der Waals surface area (Å²) in [5.74, 6) is 1.35. The fraction of sp³-hybridized carbons (Fsp3) is 0.647. The van der Waals surface area contributed by atoms with Crippen molar-refractivity contribution in [3.8, 4) is 0 Å². The SMILES string of the molecule is COC(=O)[C@H]1CN(C(=O)N[C@@H](C)CCc2ccc(C)o2)C[C@@H](C)O1. The van der Waals surface area contributed by atoms with Gasteiger partial charge in [-0.05, 0) is 39.3 Å². The molecule has 2 amide bonds. The van der Waals surface area contributed by atoms with E-state index in [0.29, 0.717) is 6.54 Å². The second kappa shape index (κ2) is 8.19. The van der Waals surface area contributed by atoms with Gasteiger partial charge in [0.15, 0.2) is 6.10 Å². The molecular weight excluding hydrogens is 312 g/mol. The molecule has 1 saturated heterocycles. The third-order valence-corrected chi connectivity index (χ3v) is 4.00. The zero-order valence-corrected chi connectivity index (χ0v) is 14.7. The molecule has 0 bridgehead atoms. The van der Waals surface area contributed by atoms with Crippen molar-refractivity contribution >= 4 is 12.0 Å². The molecule has 0 saturated carbocycles. The Hall–Kier alpha value is -2.02. The van der Waals surface area contributed by atoms with Gasteiger partial charge in [-0.15, -0.1) is 0 Å². The fourth-order valence-corrected chi connectivity index (χ4v) is 2.73. The Labute approximate surface area is 142 Å². The van der Waals surface area contributed by atoms with Crippen LogP contribution in [0.2, 0.25) is 0 Å². The van der Waals surface area contributed by atoms with E-state index in [-0.39, 0.29) is 24.7 Å². The number of furan rings is 1. The van der Waals surface area contributed by atoms with Crippen LogP contribution in [0.25, 0.3) is 0 Å². The molecule has 0 spiro atoms. The summed E-state index contributed by atoms with van der Waals surface area (Å²) in [6, 6.07) is 3.69. The number of ether oxygens (including phenoxy) is 2. The van der Waals surface area contributed by atoms with Crippen LogP contribution in [-0.2, 0) is 20.7 Å². The Bertz CT molecular complexity index is 571. The van der Waals surface area contributed by atoms with Crippen LogP contribution in [0.5, 0.6) is 0 Å². The van der Waals surface area contributed by atoms with Crippen LogP contribution in [0, 0.1) is 6.92 Å². The number of morpholine rings is 1. The predicted molar refractivity (Wildman–Crippen MR) is 87.7 cm³/mol. The number of carbonyl (C=O) groups is 2. The van der Waals surface area contributed by atoms with Gasteiger partial charge in [0.2, 0.25) is 0 Å². The maximum atomic E-state index is 12.4. The van der Waals surface area contributed by atoms with Crippen molar-refractivity contribution in [2.24, 2.45) is 0 Å². The number of urea groups is 1. The van der Waals surface area contributed by atoms with Gasteiger partial charge in [0, 0.05) is 19.0 Å². The smallest absolute Gasteiger partial charge is 0.336 e. The molecule has 24 heavy (non-hydrogen) atoms. The molecule has 1 fully saturated rings. The van der Waals surface area contributed by atoms with Crippen molar-refractivity contribution < 1.29 is 23.5 Å². The maximum Gasteiger partial charge on any atom is 0.336 e. The van der Waals surface area contributed by atoms with Crippen LogP contribution in [0.3, 0.4) is 0 Å². The molecule has 1 aliphatic heterocycles. The van der Waals surface area contributed by atoms with Crippen molar-refractivity contribution in [2.45, 2.75) is 51.9 Å². The minimum atomic E-state index is -0.731. The highest BCUT2D eigenvalue weighted by molar-refractivity contribution is 5.78. The third kappa shape index (κ3) is 4.99. The topological polar surface area (TPSA) is 81.0 Å². The number of hydrogen-bond acceptors (Lipinski definition) is 5. The van der Waals surface area contributed by atoms with Gasteiger partial charge < -0.3 is 24.1 Å². The molecule has 1 aliphatic rings. The van der Waals surface area contributed by atoms with E-state index in [1.54, 1.807) is 4.90 Å². The maximum absolute atomic E-state index is 12.4. The molecule has 0 unspecified atom stereocenters. The van der Waals surface area contributed by atoms with Gasteiger partial charge >= 0.3 is 12.0 Å². The molecule has 2 heterocycles. The molecular formula is C17H26N2O5. The van der Waals surface area contributed by atoms with Gasteiger partial charge in [-0.2, -0.15) is 0 Å². The average molecular weight is 338 g/mol. The number of nitrogens with zero attached hydrogens (tertiary/aromatic N) is 1. The Morgan fingerprint density at radius 1 is 1.42 bits per heavy atom.